The Morgan fingerprint density at radius 3 is 2.83 bits per heavy atom. The Morgan fingerprint density at radius 1 is 1.44 bits per heavy atom. The van der Waals surface area contributed by atoms with E-state index in [1.54, 1.807) is 0 Å². The molecule has 3 N–H and O–H groups in total. The molecule has 0 aromatic carbocycles. The molecular weight excluding hydrogens is 233 g/mol. The van der Waals surface area contributed by atoms with Gasteiger partial charge in [-0.15, -0.1) is 0 Å². The summed E-state index contributed by atoms with van der Waals surface area (Å²) in [7, 11) is 0. The zero-order valence-electron chi connectivity index (χ0n) is 10.3. The molecule has 1 aliphatic rings. The van der Waals surface area contributed by atoms with Crippen molar-refractivity contribution in [3.8, 4) is 0 Å². The average molecular weight is 251 g/mol. The summed E-state index contributed by atoms with van der Waals surface area (Å²) in [6.07, 6.45) is 7.38. The number of rotatable bonds is 3. The molecule has 0 saturated heterocycles. The molecular formula is C13H18FN3O. The van der Waals surface area contributed by atoms with Crippen LogP contribution >= 0.6 is 0 Å². The predicted molar refractivity (Wildman–Crippen MR) is 67.5 cm³/mol. The van der Waals surface area contributed by atoms with Crippen LogP contribution in [0, 0.1) is 11.7 Å². The van der Waals surface area contributed by atoms with Crippen molar-refractivity contribution in [3.63, 3.8) is 0 Å². The Balaban J connectivity index is 1.88. The quantitative estimate of drug-likeness (QED) is 0.864. The summed E-state index contributed by atoms with van der Waals surface area (Å²) in [5, 5.41) is 2.83. The predicted octanol–water partition coefficient (Wildman–Crippen LogP) is 2.11. The lowest BCUT2D eigenvalue weighted by Crippen LogP contribution is -2.30. The molecule has 0 radical (unpaired) electrons. The number of hydrogen-bond donors (Lipinski definition) is 2. The van der Waals surface area contributed by atoms with Crippen molar-refractivity contribution in [2.24, 2.45) is 5.92 Å². The second-order valence-electron chi connectivity index (χ2n) is 4.81. The first-order valence-electron chi connectivity index (χ1n) is 6.36. The number of nitrogens with zero attached hydrogens (tertiary/aromatic N) is 1. The maximum atomic E-state index is 13.2. The summed E-state index contributed by atoms with van der Waals surface area (Å²) in [5.74, 6) is -0.569. The van der Waals surface area contributed by atoms with Crippen LogP contribution in [0.15, 0.2) is 12.3 Å². The van der Waals surface area contributed by atoms with Gasteiger partial charge in [0.1, 0.15) is 0 Å². The third kappa shape index (κ3) is 3.18. The Bertz CT molecular complexity index is 430. The van der Waals surface area contributed by atoms with Crippen LogP contribution < -0.4 is 11.1 Å². The molecule has 1 aromatic heterocycles. The third-order valence-electron chi connectivity index (χ3n) is 3.41. The Morgan fingerprint density at radius 2 is 2.17 bits per heavy atom. The molecule has 2 rings (SSSR count). The maximum Gasteiger partial charge on any atom is 0.252 e. The van der Waals surface area contributed by atoms with Gasteiger partial charge in [-0.25, -0.2) is 9.37 Å². The van der Waals surface area contributed by atoms with Crippen molar-refractivity contribution < 1.29 is 9.18 Å². The lowest BCUT2D eigenvalue weighted by molar-refractivity contribution is 0.0943. The molecule has 0 aliphatic heterocycles. The zero-order valence-corrected chi connectivity index (χ0v) is 10.3. The lowest BCUT2D eigenvalue weighted by atomic mass is 9.89. The molecule has 1 saturated carbocycles. The summed E-state index contributed by atoms with van der Waals surface area (Å²) < 4.78 is 13.2. The normalized spacial score (nSPS) is 16.5. The van der Waals surface area contributed by atoms with E-state index in [2.05, 4.69) is 10.3 Å². The van der Waals surface area contributed by atoms with E-state index in [4.69, 9.17) is 5.73 Å². The maximum absolute atomic E-state index is 13.2. The summed E-state index contributed by atoms with van der Waals surface area (Å²) >= 11 is 0. The first-order chi connectivity index (χ1) is 8.66. The van der Waals surface area contributed by atoms with Crippen LogP contribution in [0.3, 0.4) is 0 Å². The third-order valence-corrected chi connectivity index (χ3v) is 3.41. The molecule has 5 heteroatoms. The van der Waals surface area contributed by atoms with Crippen LogP contribution in [0.2, 0.25) is 0 Å². The van der Waals surface area contributed by atoms with Gasteiger partial charge in [-0.05, 0) is 24.8 Å². The minimum atomic E-state index is -0.652. The Hall–Kier alpha value is -1.65. The van der Waals surface area contributed by atoms with Crippen LogP contribution in [0.4, 0.5) is 10.2 Å². The molecule has 1 heterocycles. The van der Waals surface area contributed by atoms with Crippen LogP contribution in [-0.4, -0.2) is 17.4 Å². The molecule has 4 nitrogen and oxygen atoms in total. The van der Waals surface area contributed by atoms with Crippen LogP contribution in [0.5, 0.6) is 0 Å². The lowest BCUT2D eigenvalue weighted by Gasteiger charge is -2.21. The number of halogens is 1. The van der Waals surface area contributed by atoms with Gasteiger partial charge in [-0.1, -0.05) is 19.3 Å². The highest BCUT2D eigenvalue weighted by molar-refractivity contribution is 5.94. The van der Waals surface area contributed by atoms with Gasteiger partial charge in [0.2, 0.25) is 0 Å². The van der Waals surface area contributed by atoms with Crippen LogP contribution in [-0.2, 0) is 0 Å². The van der Waals surface area contributed by atoms with E-state index in [-0.39, 0.29) is 17.3 Å². The smallest absolute Gasteiger partial charge is 0.252 e. The van der Waals surface area contributed by atoms with Crippen molar-refractivity contribution in [1.29, 1.82) is 0 Å². The highest BCUT2D eigenvalue weighted by Gasteiger charge is 2.15. The van der Waals surface area contributed by atoms with Gasteiger partial charge in [0.15, 0.2) is 11.6 Å². The van der Waals surface area contributed by atoms with Gasteiger partial charge in [-0.3, -0.25) is 4.79 Å². The number of nitrogens with one attached hydrogen (secondary N) is 1. The highest BCUT2D eigenvalue weighted by atomic mass is 19.1. The van der Waals surface area contributed by atoms with E-state index in [1.165, 1.54) is 25.5 Å². The first kappa shape index (κ1) is 12.8. The number of nitrogen functional groups attached to an aromatic ring is 1. The summed E-state index contributed by atoms with van der Waals surface area (Å²) in [6.45, 7) is 0.658. The number of nitrogens with two attached hydrogens (primary N) is 1. The summed E-state index contributed by atoms with van der Waals surface area (Å²) in [6, 6.07) is 1.12. The largest absolute Gasteiger partial charge is 0.381 e. The number of aromatic nitrogens is 1. The molecule has 1 aromatic rings. The van der Waals surface area contributed by atoms with Gasteiger partial charge >= 0.3 is 0 Å². The monoisotopic (exact) mass is 251 g/mol. The fourth-order valence-electron chi connectivity index (χ4n) is 2.30. The van der Waals surface area contributed by atoms with Gasteiger partial charge in [-0.2, -0.15) is 0 Å². The van der Waals surface area contributed by atoms with Gasteiger partial charge < -0.3 is 11.1 Å². The SMILES string of the molecule is Nc1ncc(C(=O)NCC2CCCCC2)cc1F. The highest BCUT2D eigenvalue weighted by Crippen LogP contribution is 2.22. The van der Waals surface area contributed by atoms with E-state index in [1.807, 2.05) is 0 Å². The number of amides is 1. The minimum Gasteiger partial charge on any atom is -0.381 e. The number of carbonyl (C=O) groups excluding carboxylic acids is 1. The van der Waals surface area contributed by atoms with E-state index in [0.717, 1.165) is 18.9 Å². The standard InChI is InChI=1S/C13H18FN3O/c14-11-6-10(8-16-12(11)15)13(18)17-7-9-4-2-1-3-5-9/h6,8-9H,1-5,7H2,(H2,15,16)(H,17,18). The van der Waals surface area contributed by atoms with E-state index < -0.39 is 5.82 Å². The molecule has 1 amide bonds. The minimum absolute atomic E-state index is 0.182. The molecule has 0 atom stereocenters. The average Bonchev–Trinajstić information content (AvgIpc) is 2.40. The van der Waals surface area contributed by atoms with Gasteiger partial charge in [0.25, 0.3) is 5.91 Å². The van der Waals surface area contributed by atoms with Gasteiger partial charge in [0, 0.05) is 12.7 Å². The fourth-order valence-corrected chi connectivity index (χ4v) is 2.30. The van der Waals surface area contributed by atoms with E-state index in [0.29, 0.717) is 12.5 Å². The second kappa shape index (κ2) is 5.80. The molecule has 0 spiro atoms. The topological polar surface area (TPSA) is 68.0 Å². The Labute approximate surface area is 106 Å². The fraction of sp³-hybridized carbons (Fsp3) is 0.538. The van der Waals surface area contributed by atoms with Crippen molar-refractivity contribution in [2.75, 3.05) is 12.3 Å². The number of carbonyl (C=O) groups is 1. The first-order valence-corrected chi connectivity index (χ1v) is 6.36. The van der Waals surface area contributed by atoms with Crippen molar-refractivity contribution in [3.05, 3.63) is 23.6 Å². The van der Waals surface area contributed by atoms with E-state index >= 15 is 0 Å². The number of pyridine rings is 1. The van der Waals surface area contributed by atoms with E-state index in [9.17, 15) is 9.18 Å². The molecule has 0 unspecified atom stereocenters. The van der Waals surface area contributed by atoms with Crippen molar-refractivity contribution >= 4 is 11.7 Å². The number of hydrogen-bond acceptors (Lipinski definition) is 3. The summed E-state index contributed by atoms with van der Waals surface area (Å²) in [4.78, 5) is 15.4. The molecule has 1 aliphatic carbocycles. The molecule has 98 valence electrons. The molecule has 1 fully saturated rings. The van der Waals surface area contributed by atoms with Crippen molar-refractivity contribution in [1.82, 2.24) is 10.3 Å². The second-order valence-corrected chi connectivity index (χ2v) is 4.81. The zero-order chi connectivity index (χ0) is 13.0. The van der Waals surface area contributed by atoms with Gasteiger partial charge in [0.05, 0.1) is 5.56 Å². The Kier molecular flexibility index (Phi) is 4.12. The summed E-state index contributed by atoms with van der Waals surface area (Å²) in [5.41, 5.74) is 5.48. The molecule has 0 bridgehead atoms. The van der Waals surface area contributed by atoms with Crippen LogP contribution in [0.1, 0.15) is 42.5 Å². The van der Waals surface area contributed by atoms with Crippen LogP contribution in [0.25, 0.3) is 0 Å². The van der Waals surface area contributed by atoms with Crippen molar-refractivity contribution in [2.45, 2.75) is 32.1 Å². The molecule has 18 heavy (non-hydrogen) atoms. The number of anilines is 1.